The average Bonchev–Trinajstić information content (AvgIpc) is 3.43. The molecule has 0 radical (unpaired) electrons. The third-order valence-electron chi connectivity index (χ3n) is 4.56. The van der Waals surface area contributed by atoms with Crippen LogP contribution in [0, 0.1) is 0 Å². The molecular weight excluding hydrogens is 449 g/mol. The molecule has 2 heterocycles. The van der Waals surface area contributed by atoms with Crippen LogP contribution < -0.4 is 20.1 Å². The van der Waals surface area contributed by atoms with Crippen LogP contribution in [0.15, 0.2) is 29.6 Å². The van der Waals surface area contributed by atoms with Crippen molar-refractivity contribution >= 4 is 23.2 Å². The Bertz CT molecular complexity index is 899. The second-order valence-electron chi connectivity index (χ2n) is 7.02. The van der Waals surface area contributed by atoms with Crippen molar-refractivity contribution in [1.82, 2.24) is 20.5 Å². The summed E-state index contributed by atoms with van der Waals surface area (Å²) >= 11 is 1.26. The molecule has 0 bridgehead atoms. The minimum atomic E-state index is -4.77. The molecule has 0 atom stereocenters. The number of hydrogen-bond acceptors (Lipinski definition) is 7. The number of rotatable bonds is 10. The van der Waals surface area contributed by atoms with Crippen molar-refractivity contribution < 1.29 is 32.2 Å². The lowest BCUT2D eigenvalue weighted by Crippen LogP contribution is -2.33. The first-order valence-electron chi connectivity index (χ1n) is 9.99. The monoisotopic (exact) mass is 472 g/mol. The van der Waals surface area contributed by atoms with Gasteiger partial charge in [0.1, 0.15) is 22.2 Å². The zero-order valence-electron chi connectivity index (χ0n) is 17.1. The highest BCUT2D eigenvalue weighted by atomic mass is 32.1. The molecule has 1 aliphatic heterocycles. The molecular formula is C20H23F3N4O4S. The summed E-state index contributed by atoms with van der Waals surface area (Å²) in [7, 11) is 0. The SMILES string of the molecule is O=C(COc1ccc(OC(F)(F)F)cc1)NCc1nc(C(=O)NCCN2CCCC2)cs1. The maximum Gasteiger partial charge on any atom is 0.573 e. The van der Waals surface area contributed by atoms with Crippen molar-refractivity contribution in [2.75, 3.05) is 32.8 Å². The number of thiazole rings is 1. The van der Waals surface area contributed by atoms with E-state index in [1.54, 1.807) is 5.38 Å². The van der Waals surface area contributed by atoms with Crippen LogP contribution in [-0.2, 0) is 11.3 Å². The van der Waals surface area contributed by atoms with Crippen molar-refractivity contribution in [1.29, 1.82) is 0 Å². The molecule has 12 heteroatoms. The third-order valence-corrected chi connectivity index (χ3v) is 5.41. The van der Waals surface area contributed by atoms with Gasteiger partial charge in [0, 0.05) is 18.5 Å². The molecule has 3 rings (SSSR count). The summed E-state index contributed by atoms with van der Waals surface area (Å²) in [4.78, 5) is 30.6. The highest BCUT2D eigenvalue weighted by molar-refractivity contribution is 7.09. The molecule has 2 aromatic rings. The molecule has 174 valence electrons. The normalized spacial score (nSPS) is 14.2. The summed E-state index contributed by atoms with van der Waals surface area (Å²) in [5.74, 6) is -0.850. The quantitative estimate of drug-likeness (QED) is 0.552. The number of carbonyl (C=O) groups excluding carboxylic acids is 2. The van der Waals surface area contributed by atoms with Gasteiger partial charge in [-0.25, -0.2) is 4.98 Å². The number of halogens is 3. The summed E-state index contributed by atoms with van der Waals surface area (Å²) in [5, 5.41) is 7.66. The Morgan fingerprint density at radius 2 is 1.78 bits per heavy atom. The Hall–Kier alpha value is -2.86. The van der Waals surface area contributed by atoms with E-state index in [0.29, 0.717) is 17.2 Å². The predicted octanol–water partition coefficient (Wildman–Crippen LogP) is 2.56. The Morgan fingerprint density at radius 1 is 1.09 bits per heavy atom. The number of aromatic nitrogens is 1. The molecule has 0 spiro atoms. The maximum atomic E-state index is 12.2. The first-order chi connectivity index (χ1) is 15.3. The lowest BCUT2D eigenvalue weighted by Gasteiger charge is -2.14. The van der Waals surface area contributed by atoms with E-state index in [9.17, 15) is 22.8 Å². The van der Waals surface area contributed by atoms with Crippen LogP contribution in [0.4, 0.5) is 13.2 Å². The predicted molar refractivity (Wildman–Crippen MR) is 111 cm³/mol. The lowest BCUT2D eigenvalue weighted by molar-refractivity contribution is -0.274. The van der Waals surface area contributed by atoms with Gasteiger partial charge < -0.3 is 25.0 Å². The molecule has 2 N–H and O–H groups in total. The fourth-order valence-corrected chi connectivity index (χ4v) is 3.75. The van der Waals surface area contributed by atoms with E-state index in [4.69, 9.17) is 4.74 Å². The summed E-state index contributed by atoms with van der Waals surface area (Å²) in [6.45, 7) is 3.32. The fourth-order valence-electron chi connectivity index (χ4n) is 3.03. The van der Waals surface area contributed by atoms with E-state index in [1.807, 2.05) is 0 Å². The largest absolute Gasteiger partial charge is 0.573 e. The van der Waals surface area contributed by atoms with Crippen molar-refractivity contribution in [2.45, 2.75) is 25.7 Å². The number of carbonyl (C=O) groups is 2. The van der Waals surface area contributed by atoms with Crippen molar-refractivity contribution in [2.24, 2.45) is 0 Å². The molecule has 32 heavy (non-hydrogen) atoms. The number of nitrogens with zero attached hydrogens (tertiary/aromatic N) is 2. The van der Waals surface area contributed by atoms with Gasteiger partial charge in [0.15, 0.2) is 6.61 Å². The van der Waals surface area contributed by atoms with Crippen LogP contribution in [0.1, 0.15) is 28.3 Å². The molecule has 2 amide bonds. The highest BCUT2D eigenvalue weighted by Crippen LogP contribution is 2.24. The van der Waals surface area contributed by atoms with Crippen molar-refractivity contribution in [3.05, 3.63) is 40.3 Å². The van der Waals surface area contributed by atoms with Gasteiger partial charge in [-0.15, -0.1) is 24.5 Å². The first-order valence-corrected chi connectivity index (χ1v) is 10.9. The summed E-state index contributed by atoms with van der Waals surface area (Å²) < 4.78 is 45.4. The number of alkyl halides is 3. The van der Waals surface area contributed by atoms with Gasteiger partial charge in [-0.2, -0.15) is 0 Å². The van der Waals surface area contributed by atoms with Crippen molar-refractivity contribution in [3.63, 3.8) is 0 Å². The van der Waals surface area contributed by atoms with Gasteiger partial charge in [0.25, 0.3) is 11.8 Å². The molecule has 0 saturated carbocycles. The molecule has 0 unspecified atom stereocenters. The minimum absolute atomic E-state index is 0.131. The standard InChI is InChI=1S/C20H23F3N4O4S/c21-20(22,23)31-15-5-3-14(4-6-15)30-12-17(28)25-11-18-26-16(13-32-18)19(29)24-7-10-27-8-1-2-9-27/h3-6,13H,1-2,7-12H2,(H,24,29)(H,25,28). The Balaban J connectivity index is 1.35. The Labute approximate surface area is 186 Å². The van der Waals surface area contributed by atoms with Crippen LogP contribution in [0.2, 0.25) is 0 Å². The molecule has 0 aliphatic carbocycles. The van der Waals surface area contributed by atoms with Gasteiger partial charge in [-0.3, -0.25) is 9.59 Å². The molecule has 1 aromatic heterocycles. The fraction of sp³-hybridized carbons (Fsp3) is 0.450. The molecule has 8 nitrogen and oxygen atoms in total. The molecule has 1 aliphatic rings. The number of hydrogen-bond donors (Lipinski definition) is 2. The van der Waals surface area contributed by atoms with E-state index >= 15 is 0 Å². The Kier molecular flexibility index (Phi) is 8.28. The number of likely N-dealkylation sites (tertiary alicyclic amines) is 1. The van der Waals surface area contributed by atoms with E-state index in [0.717, 1.165) is 31.8 Å². The van der Waals surface area contributed by atoms with Gasteiger partial charge in [-0.1, -0.05) is 0 Å². The summed E-state index contributed by atoms with van der Waals surface area (Å²) in [6.07, 6.45) is -2.38. The number of nitrogens with one attached hydrogen (secondary N) is 2. The molecule has 1 saturated heterocycles. The van der Waals surface area contributed by atoms with Crippen molar-refractivity contribution in [3.8, 4) is 11.5 Å². The smallest absolute Gasteiger partial charge is 0.484 e. The maximum absolute atomic E-state index is 12.2. The number of amides is 2. The zero-order chi connectivity index (χ0) is 23.0. The number of ether oxygens (including phenoxy) is 2. The Morgan fingerprint density at radius 3 is 2.47 bits per heavy atom. The summed E-state index contributed by atoms with van der Waals surface area (Å²) in [5.41, 5.74) is 0.304. The third kappa shape index (κ3) is 8.00. The van der Waals surface area contributed by atoms with Crippen LogP contribution in [-0.4, -0.2) is 60.8 Å². The zero-order valence-corrected chi connectivity index (χ0v) is 17.9. The van der Waals surface area contributed by atoms with E-state index in [1.165, 1.54) is 36.3 Å². The van der Waals surface area contributed by atoms with Gasteiger partial charge in [-0.05, 0) is 50.2 Å². The highest BCUT2D eigenvalue weighted by Gasteiger charge is 2.31. The van der Waals surface area contributed by atoms with E-state index in [-0.39, 0.29) is 30.6 Å². The van der Waals surface area contributed by atoms with E-state index < -0.39 is 12.3 Å². The molecule has 1 fully saturated rings. The molecule has 1 aromatic carbocycles. The lowest BCUT2D eigenvalue weighted by atomic mass is 10.3. The van der Waals surface area contributed by atoms with Crippen LogP contribution >= 0.6 is 11.3 Å². The van der Waals surface area contributed by atoms with Crippen LogP contribution in [0.3, 0.4) is 0 Å². The second-order valence-corrected chi connectivity index (χ2v) is 7.96. The topological polar surface area (TPSA) is 92.8 Å². The van der Waals surface area contributed by atoms with Gasteiger partial charge in [0.2, 0.25) is 0 Å². The first kappa shape index (κ1) is 23.8. The minimum Gasteiger partial charge on any atom is -0.484 e. The van der Waals surface area contributed by atoms with Gasteiger partial charge in [0.05, 0.1) is 6.54 Å². The second kappa shape index (κ2) is 11.1. The summed E-state index contributed by atoms with van der Waals surface area (Å²) in [6, 6.07) is 4.72. The van der Waals surface area contributed by atoms with Crippen LogP contribution in [0.5, 0.6) is 11.5 Å². The van der Waals surface area contributed by atoms with E-state index in [2.05, 4.69) is 25.3 Å². The van der Waals surface area contributed by atoms with Crippen LogP contribution in [0.25, 0.3) is 0 Å². The van der Waals surface area contributed by atoms with Gasteiger partial charge >= 0.3 is 6.36 Å². The average molecular weight is 472 g/mol. The number of benzene rings is 1.